The van der Waals surface area contributed by atoms with Gasteiger partial charge in [-0.3, -0.25) is 10.4 Å². The van der Waals surface area contributed by atoms with Gasteiger partial charge < -0.3 is 5.11 Å². The minimum atomic E-state index is -4.38. The molecular weight excluding hydrogens is 309 g/mol. The molecular formula is C11H11F3N4O2S. The summed E-state index contributed by atoms with van der Waals surface area (Å²) in [5.41, 5.74) is 1.49. The SMILES string of the molecule is Cc1csc(-c2cnccc2C(F)(F)F)n1.NNC(=O)O. The number of amides is 1. The van der Waals surface area contributed by atoms with Crippen LogP contribution in [0.25, 0.3) is 10.6 Å². The number of aryl methyl sites for hydroxylation is 1. The first kappa shape index (κ1) is 16.9. The normalized spacial score (nSPS) is 10.5. The van der Waals surface area contributed by atoms with Gasteiger partial charge >= 0.3 is 12.3 Å². The maximum Gasteiger partial charge on any atom is 0.418 e. The molecule has 6 nitrogen and oxygen atoms in total. The molecule has 21 heavy (non-hydrogen) atoms. The molecule has 0 aromatic carbocycles. The molecule has 2 aromatic rings. The summed E-state index contributed by atoms with van der Waals surface area (Å²) in [6.45, 7) is 1.74. The zero-order valence-electron chi connectivity index (χ0n) is 10.7. The van der Waals surface area contributed by atoms with Crippen LogP contribution in [0.3, 0.4) is 0 Å². The van der Waals surface area contributed by atoms with E-state index in [9.17, 15) is 13.2 Å². The number of halogens is 3. The van der Waals surface area contributed by atoms with Crippen LogP contribution >= 0.6 is 11.3 Å². The zero-order valence-corrected chi connectivity index (χ0v) is 11.5. The Hall–Kier alpha value is -2.20. The average molecular weight is 320 g/mol. The van der Waals surface area contributed by atoms with Gasteiger partial charge in [0.05, 0.1) is 5.56 Å². The number of nitrogens with two attached hydrogens (primary N) is 1. The van der Waals surface area contributed by atoms with E-state index in [1.807, 2.05) is 0 Å². The monoisotopic (exact) mass is 320 g/mol. The number of rotatable bonds is 1. The molecule has 0 saturated carbocycles. The summed E-state index contributed by atoms with van der Waals surface area (Å²) in [5.74, 6) is 4.32. The van der Waals surface area contributed by atoms with Crippen LogP contribution in [-0.2, 0) is 6.18 Å². The number of alkyl halides is 3. The summed E-state index contributed by atoms with van der Waals surface area (Å²) in [6.07, 6.45) is -3.27. The number of aromatic nitrogens is 2. The number of thiazole rings is 1. The number of hydrogen-bond acceptors (Lipinski definition) is 5. The van der Waals surface area contributed by atoms with Crippen molar-refractivity contribution < 1.29 is 23.1 Å². The third-order valence-corrected chi connectivity index (χ3v) is 3.09. The van der Waals surface area contributed by atoms with Crippen molar-refractivity contribution in [2.24, 2.45) is 5.84 Å². The van der Waals surface area contributed by atoms with Crippen molar-refractivity contribution in [3.63, 3.8) is 0 Å². The number of nitrogens with one attached hydrogen (secondary N) is 1. The van der Waals surface area contributed by atoms with Gasteiger partial charge in [-0.1, -0.05) is 0 Å². The molecule has 0 saturated heterocycles. The third-order valence-electron chi connectivity index (χ3n) is 2.10. The van der Waals surface area contributed by atoms with E-state index in [0.29, 0.717) is 10.7 Å². The average Bonchev–Trinajstić information content (AvgIpc) is 2.85. The van der Waals surface area contributed by atoms with Crippen molar-refractivity contribution >= 4 is 17.4 Å². The largest absolute Gasteiger partial charge is 0.464 e. The Kier molecular flexibility index (Phi) is 5.61. The third kappa shape index (κ3) is 5.00. The molecule has 0 unspecified atom stereocenters. The fourth-order valence-corrected chi connectivity index (χ4v) is 2.11. The lowest BCUT2D eigenvalue weighted by atomic mass is 10.1. The number of hydrazine groups is 1. The van der Waals surface area contributed by atoms with E-state index in [4.69, 9.17) is 9.90 Å². The van der Waals surface area contributed by atoms with Gasteiger partial charge in [-0.05, 0) is 13.0 Å². The standard InChI is InChI=1S/C10H7F3N2S.CH4N2O2/c1-6-5-16-9(15-6)7-4-14-3-2-8(7)10(11,12)13;2-3-1(4)5/h2-5H,1H3;3H,2H2,(H,4,5). The summed E-state index contributed by atoms with van der Waals surface area (Å²) in [5, 5.41) is 9.54. The summed E-state index contributed by atoms with van der Waals surface area (Å²) in [6, 6.07) is 0.964. The van der Waals surface area contributed by atoms with Crippen molar-refractivity contribution in [2.75, 3.05) is 0 Å². The van der Waals surface area contributed by atoms with Gasteiger partial charge in [0.2, 0.25) is 0 Å². The number of carboxylic acid groups (broad SMARTS) is 1. The Morgan fingerprint density at radius 3 is 2.52 bits per heavy atom. The van der Waals surface area contributed by atoms with Crippen molar-refractivity contribution in [1.82, 2.24) is 15.4 Å². The van der Waals surface area contributed by atoms with Gasteiger partial charge in [-0.15, -0.1) is 11.3 Å². The second-order valence-corrected chi connectivity index (χ2v) is 4.52. The molecule has 0 aliphatic heterocycles. The van der Waals surface area contributed by atoms with Crippen molar-refractivity contribution in [3.8, 4) is 10.6 Å². The minimum absolute atomic E-state index is 0.0353. The molecule has 2 aromatic heterocycles. The molecule has 4 N–H and O–H groups in total. The van der Waals surface area contributed by atoms with E-state index < -0.39 is 17.8 Å². The van der Waals surface area contributed by atoms with E-state index in [1.54, 1.807) is 12.3 Å². The minimum Gasteiger partial charge on any atom is -0.464 e. The van der Waals surface area contributed by atoms with E-state index >= 15 is 0 Å². The Morgan fingerprint density at radius 2 is 2.10 bits per heavy atom. The first-order chi connectivity index (χ1) is 9.75. The topological polar surface area (TPSA) is 101 Å². The highest BCUT2D eigenvalue weighted by Gasteiger charge is 2.34. The highest BCUT2D eigenvalue weighted by molar-refractivity contribution is 7.13. The quantitative estimate of drug-likeness (QED) is 0.426. The first-order valence-electron chi connectivity index (χ1n) is 5.39. The predicted octanol–water partition coefficient (Wildman–Crippen LogP) is 2.66. The molecule has 0 fully saturated rings. The second-order valence-electron chi connectivity index (χ2n) is 3.66. The first-order valence-corrected chi connectivity index (χ1v) is 6.27. The van der Waals surface area contributed by atoms with Crippen LogP contribution in [0, 0.1) is 6.92 Å². The molecule has 0 radical (unpaired) electrons. The Balaban J connectivity index is 0.000000383. The molecule has 2 rings (SSSR count). The van der Waals surface area contributed by atoms with E-state index in [0.717, 1.165) is 12.3 Å². The van der Waals surface area contributed by atoms with Gasteiger partial charge in [-0.2, -0.15) is 13.2 Å². The lowest BCUT2D eigenvalue weighted by molar-refractivity contribution is -0.137. The summed E-state index contributed by atoms with van der Waals surface area (Å²) < 4.78 is 38.1. The van der Waals surface area contributed by atoms with Crippen molar-refractivity contribution in [2.45, 2.75) is 13.1 Å². The fourth-order valence-electron chi connectivity index (χ4n) is 1.29. The highest BCUT2D eigenvalue weighted by Crippen LogP contribution is 2.37. The Labute approximate surface area is 121 Å². The molecule has 1 amide bonds. The van der Waals surface area contributed by atoms with E-state index in [1.165, 1.54) is 23.0 Å². The van der Waals surface area contributed by atoms with Gasteiger partial charge in [-0.25, -0.2) is 15.6 Å². The maximum atomic E-state index is 12.7. The lowest BCUT2D eigenvalue weighted by Crippen LogP contribution is -2.27. The van der Waals surface area contributed by atoms with Crippen LogP contribution in [0.1, 0.15) is 11.3 Å². The fraction of sp³-hybridized carbons (Fsp3) is 0.182. The maximum absolute atomic E-state index is 12.7. The number of pyridine rings is 1. The molecule has 10 heteroatoms. The van der Waals surface area contributed by atoms with E-state index in [2.05, 4.69) is 15.8 Å². The summed E-state index contributed by atoms with van der Waals surface area (Å²) >= 11 is 1.18. The van der Waals surface area contributed by atoms with Gasteiger partial charge in [0, 0.05) is 29.0 Å². The van der Waals surface area contributed by atoms with Crippen molar-refractivity contribution in [1.29, 1.82) is 0 Å². The van der Waals surface area contributed by atoms with Crippen molar-refractivity contribution in [3.05, 3.63) is 35.1 Å². The van der Waals surface area contributed by atoms with E-state index in [-0.39, 0.29) is 5.56 Å². The summed E-state index contributed by atoms with van der Waals surface area (Å²) in [4.78, 5) is 16.9. The number of hydrogen-bond donors (Lipinski definition) is 3. The number of carbonyl (C=O) groups is 1. The molecule has 0 bridgehead atoms. The van der Waals surface area contributed by atoms with Crippen LogP contribution in [0.5, 0.6) is 0 Å². The second kappa shape index (κ2) is 6.99. The van der Waals surface area contributed by atoms with Crippen LogP contribution < -0.4 is 11.3 Å². The Bertz CT molecular complexity index is 616. The lowest BCUT2D eigenvalue weighted by Gasteiger charge is -2.09. The molecule has 0 aliphatic rings. The smallest absolute Gasteiger partial charge is 0.418 e. The number of nitrogens with zero attached hydrogens (tertiary/aromatic N) is 2. The van der Waals surface area contributed by atoms with Gasteiger partial charge in [0.1, 0.15) is 5.01 Å². The van der Waals surface area contributed by atoms with Crippen LogP contribution in [0.2, 0.25) is 0 Å². The van der Waals surface area contributed by atoms with Gasteiger partial charge in [0.15, 0.2) is 0 Å². The summed E-state index contributed by atoms with van der Waals surface area (Å²) in [7, 11) is 0. The highest BCUT2D eigenvalue weighted by atomic mass is 32.1. The molecule has 0 spiro atoms. The van der Waals surface area contributed by atoms with Gasteiger partial charge in [0.25, 0.3) is 0 Å². The molecule has 114 valence electrons. The van der Waals surface area contributed by atoms with Crippen LogP contribution in [-0.4, -0.2) is 21.2 Å². The zero-order chi connectivity index (χ0) is 16.0. The van der Waals surface area contributed by atoms with Crippen LogP contribution in [0.4, 0.5) is 18.0 Å². The predicted molar refractivity (Wildman–Crippen MR) is 70.4 cm³/mol. The molecule has 0 aliphatic carbocycles. The van der Waals surface area contributed by atoms with Crippen LogP contribution in [0.15, 0.2) is 23.8 Å². The Morgan fingerprint density at radius 1 is 1.48 bits per heavy atom. The molecule has 0 atom stereocenters. The molecule has 2 heterocycles.